The second kappa shape index (κ2) is 16.1. The molecular weight excluding hydrogens is 663 g/mol. The van der Waals surface area contributed by atoms with Crippen molar-refractivity contribution in [3.05, 3.63) is 80.7 Å². The van der Waals surface area contributed by atoms with Crippen LogP contribution in [0.2, 0.25) is 14.1 Å². The predicted molar refractivity (Wildman–Crippen MR) is 169 cm³/mol. The first-order chi connectivity index (χ1) is 20.6. The number of nitro groups is 2. The molecular formula is C25H23Cl3N8O5S2. The molecule has 13 nitrogen and oxygen atoms in total. The zero-order chi connectivity index (χ0) is 31.5. The number of halogens is 3. The van der Waals surface area contributed by atoms with Gasteiger partial charge < -0.3 is 14.5 Å². The van der Waals surface area contributed by atoms with Gasteiger partial charge in [-0.25, -0.2) is 15.0 Å². The number of thiazole rings is 2. The Morgan fingerprint density at radius 3 is 1.77 bits per heavy atom. The Morgan fingerprint density at radius 1 is 0.860 bits per heavy atom. The van der Waals surface area contributed by atoms with Gasteiger partial charge in [0.25, 0.3) is 0 Å². The van der Waals surface area contributed by atoms with E-state index in [9.17, 15) is 20.2 Å². The normalized spacial score (nSPS) is 10.3. The van der Waals surface area contributed by atoms with Crippen LogP contribution < -0.4 is 14.5 Å². The van der Waals surface area contributed by atoms with Crippen LogP contribution in [0.1, 0.15) is 23.6 Å². The number of aromatic nitrogens is 4. The number of hydrogen-bond donors (Lipinski definition) is 0. The molecule has 0 radical (unpaired) electrons. The fraction of sp³-hybridized carbons (Fsp3) is 0.280. The first-order valence-electron chi connectivity index (χ1n) is 12.3. The summed E-state index contributed by atoms with van der Waals surface area (Å²) in [6, 6.07) is 5.54. The molecule has 18 heteroatoms. The topological polar surface area (TPSA) is 154 Å². The third kappa shape index (κ3) is 9.60. The average Bonchev–Trinajstić information content (AvgIpc) is 3.59. The maximum Gasteiger partial charge on any atom is 0.311 e. The molecule has 0 fully saturated rings. The molecule has 0 spiro atoms. The number of terminal acetylenes is 1. The van der Waals surface area contributed by atoms with Crippen LogP contribution >= 0.6 is 57.5 Å². The molecule has 0 bridgehead atoms. The highest BCUT2D eigenvalue weighted by molar-refractivity contribution is 7.16. The molecule has 226 valence electrons. The van der Waals surface area contributed by atoms with E-state index in [1.807, 2.05) is 13.8 Å². The van der Waals surface area contributed by atoms with Crippen LogP contribution in [0.4, 0.5) is 23.0 Å². The van der Waals surface area contributed by atoms with E-state index in [1.165, 1.54) is 46.9 Å². The maximum absolute atomic E-state index is 11.3. The van der Waals surface area contributed by atoms with Crippen molar-refractivity contribution >= 4 is 80.5 Å². The SMILES string of the molecule is C#CCOc1ccc([N+](=O)[O-])c(N(CC)Cc2cnc(Cl)s2)n1.CCN(Cc1cnc(Cl)s1)c1nc(Cl)ccc1[N+](=O)[O-]. The summed E-state index contributed by atoms with van der Waals surface area (Å²) in [4.78, 5) is 42.9. The van der Waals surface area contributed by atoms with Crippen LogP contribution in [0.3, 0.4) is 0 Å². The van der Waals surface area contributed by atoms with Crippen LogP contribution in [0.25, 0.3) is 0 Å². The summed E-state index contributed by atoms with van der Waals surface area (Å²) >= 11 is 20.1. The largest absolute Gasteiger partial charge is 0.464 e. The number of hydrogen-bond acceptors (Lipinski definition) is 13. The van der Waals surface area contributed by atoms with Crippen molar-refractivity contribution in [2.75, 3.05) is 29.5 Å². The Labute approximate surface area is 269 Å². The maximum atomic E-state index is 11.3. The lowest BCUT2D eigenvalue weighted by atomic mass is 10.3. The summed E-state index contributed by atoms with van der Waals surface area (Å²) in [7, 11) is 0. The molecule has 0 saturated carbocycles. The van der Waals surface area contributed by atoms with E-state index in [4.69, 9.17) is 46.0 Å². The molecule has 4 rings (SSSR count). The van der Waals surface area contributed by atoms with Gasteiger partial charge in [0.15, 0.2) is 15.5 Å². The highest BCUT2D eigenvalue weighted by Crippen LogP contribution is 2.32. The molecule has 0 aliphatic heterocycles. The van der Waals surface area contributed by atoms with Crippen molar-refractivity contribution in [1.82, 2.24) is 19.9 Å². The first-order valence-corrected chi connectivity index (χ1v) is 15.1. The molecule has 0 amide bonds. The Morgan fingerprint density at radius 2 is 1.35 bits per heavy atom. The molecule has 0 aliphatic carbocycles. The van der Waals surface area contributed by atoms with Crippen molar-refractivity contribution < 1.29 is 14.6 Å². The van der Waals surface area contributed by atoms with E-state index in [1.54, 1.807) is 22.2 Å². The summed E-state index contributed by atoms with van der Waals surface area (Å²) < 4.78 is 6.11. The van der Waals surface area contributed by atoms with E-state index in [-0.39, 0.29) is 40.7 Å². The second-order valence-electron chi connectivity index (χ2n) is 8.16. The van der Waals surface area contributed by atoms with Crippen LogP contribution in [0.15, 0.2) is 36.7 Å². The van der Waals surface area contributed by atoms with Crippen LogP contribution in [0.5, 0.6) is 5.88 Å². The molecule has 0 saturated heterocycles. The highest BCUT2D eigenvalue weighted by atomic mass is 35.5. The second-order valence-corrected chi connectivity index (χ2v) is 11.9. The smallest absolute Gasteiger partial charge is 0.311 e. The van der Waals surface area contributed by atoms with Gasteiger partial charge in [-0.1, -0.05) is 40.7 Å². The fourth-order valence-corrected chi connectivity index (χ4v) is 5.68. The minimum absolute atomic E-state index is 0.0425. The fourth-order valence-electron chi connectivity index (χ4n) is 3.55. The van der Waals surface area contributed by atoms with E-state index < -0.39 is 9.85 Å². The highest BCUT2D eigenvalue weighted by Gasteiger charge is 2.23. The summed E-state index contributed by atoms with van der Waals surface area (Å²) in [5, 5.41) is 22.5. The monoisotopic (exact) mass is 684 g/mol. The van der Waals surface area contributed by atoms with Crippen LogP contribution in [-0.4, -0.2) is 49.5 Å². The van der Waals surface area contributed by atoms with Gasteiger partial charge in [-0.15, -0.1) is 29.1 Å². The first kappa shape index (κ1) is 33.7. The van der Waals surface area contributed by atoms with Crippen molar-refractivity contribution in [1.29, 1.82) is 0 Å². The van der Waals surface area contributed by atoms with Crippen molar-refractivity contribution in [2.45, 2.75) is 26.9 Å². The van der Waals surface area contributed by atoms with Crippen LogP contribution in [0, 0.1) is 32.6 Å². The molecule has 43 heavy (non-hydrogen) atoms. The van der Waals surface area contributed by atoms with Crippen molar-refractivity contribution in [3.63, 3.8) is 0 Å². The van der Waals surface area contributed by atoms with Crippen molar-refractivity contribution in [2.24, 2.45) is 0 Å². The lowest BCUT2D eigenvalue weighted by Crippen LogP contribution is -2.23. The van der Waals surface area contributed by atoms with Gasteiger partial charge in [0.05, 0.1) is 22.9 Å². The van der Waals surface area contributed by atoms with E-state index in [2.05, 4.69) is 25.9 Å². The minimum atomic E-state index is -0.477. The van der Waals surface area contributed by atoms with Gasteiger partial charge in [-0.3, -0.25) is 20.2 Å². The van der Waals surface area contributed by atoms with E-state index in [0.29, 0.717) is 35.1 Å². The third-order valence-corrected chi connectivity index (χ3v) is 7.86. The minimum Gasteiger partial charge on any atom is -0.464 e. The number of ether oxygens (including phenoxy) is 1. The molecule has 0 aromatic carbocycles. The number of pyridine rings is 2. The zero-order valence-electron chi connectivity index (χ0n) is 22.6. The average molecular weight is 686 g/mol. The third-order valence-electron chi connectivity index (χ3n) is 5.45. The number of rotatable bonds is 12. The Kier molecular flexibility index (Phi) is 12.7. The summed E-state index contributed by atoms with van der Waals surface area (Å²) in [5.74, 6) is 3.03. The van der Waals surface area contributed by atoms with Gasteiger partial charge in [0.2, 0.25) is 17.5 Å². The summed E-state index contributed by atoms with van der Waals surface area (Å²) in [6.45, 7) is 5.72. The lowest BCUT2D eigenvalue weighted by molar-refractivity contribution is -0.384. The number of anilines is 2. The molecule has 4 aromatic rings. The van der Waals surface area contributed by atoms with Crippen LogP contribution in [-0.2, 0) is 13.1 Å². The molecule has 0 aliphatic rings. The Bertz CT molecular complexity index is 1610. The van der Waals surface area contributed by atoms with Gasteiger partial charge in [0, 0.05) is 53.4 Å². The molecule has 0 unspecified atom stereocenters. The quantitative estimate of drug-likeness (QED) is 0.0661. The Hall–Kier alpha value is -3.81. The van der Waals surface area contributed by atoms with Gasteiger partial charge >= 0.3 is 11.4 Å². The number of nitrogens with zero attached hydrogens (tertiary/aromatic N) is 8. The van der Waals surface area contributed by atoms with Gasteiger partial charge in [-0.05, 0) is 19.9 Å². The Balaban J connectivity index is 0.000000238. The van der Waals surface area contributed by atoms with Crippen molar-refractivity contribution in [3.8, 4) is 18.2 Å². The molecule has 0 atom stereocenters. The summed E-state index contributed by atoms with van der Waals surface area (Å²) in [6.07, 6.45) is 8.43. The molecule has 4 heterocycles. The standard InChI is InChI=1S/C14H13ClN4O3S.C11H10Cl2N4O2S/c1-3-7-22-12-6-5-11(19(20)21)13(17-12)18(4-2)9-10-8-16-14(15)23-10;1-2-16(6-7-5-14-11(13)20-7)10-8(17(18)19)3-4-9(12)15-10/h1,5-6,8H,4,7,9H2,2H3;3-5H,2,6H2,1H3. The van der Waals surface area contributed by atoms with E-state index >= 15 is 0 Å². The van der Waals surface area contributed by atoms with E-state index in [0.717, 1.165) is 9.75 Å². The lowest BCUT2D eigenvalue weighted by Gasteiger charge is -2.21. The molecule has 4 aromatic heterocycles. The van der Waals surface area contributed by atoms with Gasteiger partial charge in [0.1, 0.15) is 5.15 Å². The summed E-state index contributed by atoms with van der Waals surface area (Å²) in [5.41, 5.74) is -0.178. The van der Waals surface area contributed by atoms with Gasteiger partial charge in [-0.2, -0.15) is 4.98 Å². The zero-order valence-corrected chi connectivity index (χ0v) is 26.5. The molecule has 0 N–H and O–H groups in total. The predicted octanol–water partition coefficient (Wildman–Crippen LogP) is 6.92.